The smallest absolute Gasteiger partial charge is 0.341 e. The molecule has 0 bridgehead atoms. The molecule has 0 spiro atoms. The summed E-state index contributed by atoms with van der Waals surface area (Å²) in [4.78, 5) is 13.3. The molecule has 1 unspecified atom stereocenters. The first-order chi connectivity index (χ1) is 9.41. The zero-order valence-electron chi connectivity index (χ0n) is 11.4. The highest BCUT2D eigenvalue weighted by Gasteiger charge is 2.27. The highest BCUT2D eigenvalue weighted by Crippen LogP contribution is 2.30. The Labute approximate surface area is 115 Å². The Balaban J connectivity index is 2.55. The van der Waals surface area contributed by atoms with Crippen LogP contribution in [0.15, 0.2) is 28.8 Å². The minimum absolute atomic E-state index is 0.0119. The molecule has 0 saturated heterocycles. The average molecular weight is 278 g/mol. The third kappa shape index (κ3) is 2.55. The fourth-order valence-corrected chi connectivity index (χ4v) is 1.83. The van der Waals surface area contributed by atoms with Crippen LogP contribution in [-0.4, -0.2) is 35.2 Å². The van der Waals surface area contributed by atoms with Crippen molar-refractivity contribution in [3.63, 3.8) is 0 Å². The molecule has 106 valence electrons. The number of carboxylic acid groups (broad SMARTS) is 1. The number of carboxylic acids is 1. The Bertz CT molecular complexity index is 620. The van der Waals surface area contributed by atoms with Crippen LogP contribution in [0.1, 0.15) is 29.1 Å². The van der Waals surface area contributed by atoms with Gasteiger partial charge < -0.3 is 9.63 Å². The van der Waals surface area contributed by atoms with Crippen molar-refractivity contribution in [3.8, 4) is 11.3 Å². The zero-order chi connectivity index (χ0) is 14.9. The highest BCUT2D eigenvalue weighted by atomic mass is 19.1. The molecular weight excluding hydrogens is 263 g/mol. The molecule has 1 aromatic carbocycles. The third-order valence-corrected chi connectivity index (χ3v) is 3.20. The van der Waals surface area contributed by atoms with Crippen LogP contribution in [0.3, 0.4) is 0 Å². The van der Waals surface area contributed by atoms with Crippen LogP contribution >= 0.6 is 0 Å². The Morgan fingerprint density at radius 3 is 2.45 bits per heavy atom. The standard InChI is InChI=1S/C14H15FN2O3/c1-8(17(2)3)13-11(14(18)19)12(16-20-13)9-4-6-10(15)7-5-9/h4-8H,1-3H3,(H,18,19). The van der Waals surface area contributed by atoms with Crippen LogP contribution in [-0.2, 0) is 0 Å². The molecule has 1 aromatic heterocycles. The summed E-state index contributed by atoms with van der Waals surface area (Å²) in [5, 5.41) is 13.2. The summed E-state index contributed by atoms with van der Waals surface area (Å²) in [6.45, 7) is 1.82. The van der Waals surface area contributed by atoms with Crippen molar-refractivity contribution >= 4 is 5.97 Å². The molecule has 0 amide bonds. The zero-order valence-corrected chi connectivity index (χ0v) is 11.4. The molecule has 1 atom stereocenters. The number of carbonyl (C=O) groups is 1. The Hall–Kier alpha value is -2.21. The second-order valence-corrected chi connectivity index (χ2v) is 4.72. The fourth-order valence-electron chi connectivity index (χ4n) is 1.83. The molecule has 0 fully saturated rings. The van der Waals surface area contributed by atoms with Gasteiger partial charge in [0.05, 0.1) is 6.04 Å². The van der Waals surface area contributed by atoms with Crippen LogP contribution in [0.5, 0.6) is 0 Å². The van der Waals surface area contributed by atoms with E-state index in [0.29, 0.717) is 5.56 Å². The molecule has 20 heavy (non-hydrogen) atoms. The van der Waals surface area contributed by atoms with Crippen molar-refractivity contribution < 1.29 is 18.8 Å². The summed E-state index contributed by atoms with van der Waals surface area (Å²) in [5.74, 6) is -1.23. The number of hydrogen-bond donors (Lipinski definition) is 1. The van der Waals surface area contributed by atoms with Crippen LogP contribution < -0.4 is 0 Å². The largest absolute Gasteiger partial charge is 0.477 e. The quantitative estimate of drug-likeness (QED) is 0.931. The number of aromatic carboxylic acids is 1. The molecule has 1 heterocycles. The lowest BCUT2D eigenvalue weighted by molar-refractivity contribution is 0.0692. The van der Waals surface area contributed by atoms with Gasteiger partial charge in [0.15, 0.2) is 5.76 Å². The topological polar surface area (TPSA) is 66.6 Å². The van der Waals surface area contributed by atoms with Gasteiger partial charge in [-0.05, 0) is 45.3 Å². The number of halogens is 1. The van der Waals surface area contributed by atoms with E-state index in [1.807, 2.05) is 25.9 Å². The SMILES string of the molecule is CC(c1onc(-c2ccc(F)cc2)c1C(=O)O)N(C)C. The minimum Gasteiger partial charge on any atom is -0.477 e. The van der Waals surface area contributed by atoms with Gasteiger partial charge in [-0.25, -0.2) is 9.18 Å². The lowest BCUT2D eigenvalue weighted by Crippen LogP contribution is -2.18. The summed E-state index contributed by atoms with van der Waals surface area (Å²) in [6.07, 6.45) is 0. The first-order valence-corrected chi connectivity index (χ1v) is 6.07. The average Bonchev–Trinajstić information content (AvgIpc) is 2.83. The van der Waals surface area contributed by atoms with Gasteiger partial charge in [-0.1, -0.05) is 5.16 Å². The molecule has 0 saturated carbocycles. The predicted molar refractivity (Wildman–Crippen MR) is 71.0 cm³/mol. The van der Waals surface area contributed by atoms with Gasteiger partial charge in [-0.2, -0.15) is 0 Å². The van der Waals surface area contributed by atoms with Crippen molar-refractivity contribution in [2.45, 2.75) is 13.0 Å². The lowest BCUT2D eigenvalue weighted by atomic mass is 10.0. The Morgan fingerprint density at radius 2 is 1.95 bits per heavy atom. The maximum absolute atomic E-state index is 12.9. The van der Waals surface area contributed by atoms with E-state index in [4.69, 9.17) is 4.52 Å². The van der Waals surface area contributed by atoms with Gasteiger partial charge in [-0.3, -0.25) is 4.90 Å². The van der Waals surface area contributed by atoms with Crippen molar-refractivity contribution in [2.24, 2.45) is 0 Å². The van der Waals surface area contributed by atoms with Gasteiger partial charge >= 0.3 is 5.97 Å². The predicted octanol–water partition coefficient (Wildman–Crippen LogP) is 2.80. The van der Waals surface area contributed by atoms with Gasteiger partial charge in [0.2, 0.25) is 0 Å². The van der Waals surface area contributed by atoms with Crippen molar-refractivity contribution in [3.05, 3.63) is 41.4 Å². The van der Waals surface area contributed by atoms with Crippen LogP contribution in [0.4, 0.5) is 4.39 Å². The van der Waals surface area contributed by atoms with Gasteiger partial charge in [0.1, 0.15) is 17.1 Å². The summed E-state index contributed by atoms with van der Waals surface area (Å²) >= 11 is 0. The molecule has 2 rings (SSSR count). The second-order valence-electron chi connectivity index (χ2n) is 4.72. The summed E-state index contributed by atoms with van der Waals surface area (Å²) < 4.78 is 18.1. The molecular formula is C14H15FN2O3. The normalized spacial score (nSPS) is 12.7. The molecule has 6 heteroatoms. The number of aromatic nitrogens is 1. The van der Waals surface area contributed by atoms with E-state index < -0.39 is 11.8 Å². The molecule has 0 aliphatic rings. The molecule has 5 nitrogen and oxygen atoms in total. The van der Waals surface area contributed by atoms with E-state index in [2.05, 4.69) is 5.16 Å². The number of benzene rings is 1. The first-order valence-electron chi connectivity index (χ1n) is 6.07. The molecule has 2 aromatic rings. The van der Waals surface area contributed by atoms with Gasteiger partial charge in [-0.15, -0.1) is 0 Å². The molecule has 0 aliphatic carbocycles. The summed E-state index contributed by atoms with van der Waals surface area (Å²) in [5.41, 5.74) is 0.726. The minimum atomic E-state index is -1.12. The summed E-state index contributed by atoms with van der Waals surface area (Å²) in [6, 6.07) is 5.23. The van der Waals surface area contributed by atoms with E-state index in [9.17, 15) is 14.3 Å². The number of hydrogen-bond acceptors (Lipinski definition) is 4. The van der Waals surface area contributed by atoms with E-state index in [0.717, 1.165) is 0 Å². The second kappa shape index (κ2) is 5.42. The van der Waals surface area contributed by atoms with E-state index in [-0.39, 0.29) is 23.1 Å². The van der Waals surface area contributed by atoms with E-state index >= 15 is 0 Å². The molecule has 1 N–H and O–H groups in total. The Kier molecular flexibility index (Phi) is 3.85. The molecule has 0 aliphatic heterocycles. The highest BCUT2D eigenvalue weighted by molar-refractivity contribution is 5.95. The van der Waals surface area contributed by atoms with Crippen molar-refractivity contribution in [1.29, 1.82) is 0 Å². The monoisotopic (exact) mass is 278 g/mol. The van der Waals surface area contributed by atoms with Crippen LogP contribution in [0, 0.1) is 5.82 Å². The number of rotatable bonds is 4. The van der Waals surface area contributed by atoms with E-state index in [1.165, 1.54) is 24.3 Å². The van der Waals surface area contributed by atoms with Crippen LogP contribution in [0.2, 0.25) is 0 Å². The van der Waals surface area contributed by atoms with Gasteiger partial charge in [0, 0.05) is 5.56 Å². The fraction of sp³-hybridized carbons (Fsp3) is 0.286. The third-order valence-electron chi connectivity index (χ3n) is 3.20. The maximum Gasteiger partial charge on any atom is 0.341 e. The molecule has 0 radical (unpaired) electrons. The number of nitrogens with zero attached hydrogens (tertiary/aromatic N) is 2. The lowest BCUT2D eigenvalue weighted by Gasteiger charge is -2.17. The Morgan fingerprint density at radius 1 is 1.35 bits per heavy atom. The maximum atomic E-state index is 12.9. The van der Waals surface area contributed by atoms with E-state index in [1.54, 1.807) is 0 Å². The first kappa shape index (κ1) is 14.2. The summed E-state index contributed by atoms with van der Waals surface area (Å²) in [7, 11) is 3.63. The van der Waals surface area contributed by atoms with Crippen LogP contribution in [0.25, 0.3) is 11.3 Å². The van der Waals surface area contributed by atoms with Crippen molar-refractivity contribution in [1.82, 2.24) is 10.1 Å². The van der Waals surface area contributed by atoms with Crippen molar-refractivity contribution in [2.75, 3.05) is 14.1 Å². The van der Waals surface area contributed by atoms with Gasteiger partial charge in [0.25, 0.3) is 0 Å².